The van der Waals surface area contributed by atoms with Gasteiger partial charge in [-0.15, -0.1) is 0 Å². The minimum absolute atomic E-state index is 0.197. The Hall–Kier alpha value is -4.01. The molecule has 0 atom stereocenters. The largest absolute Gasteiger partial charge is 0.452 e. The highest BCUT2D eigenvalue weighted by atomic mass is 16.6. The van der Waals surface area contributed by atoms with Crippen molar-refractivity contribution in [3.8, 4) is 5.69 Å². The summed E-state index contributed by atoms with van der Waals surface area (Å²) in [6, 6.07) is 15.0. The van der Waals surface area contributed by atoms with Crippen LogP contribution < -0.4 is 0 Å². The maximum atomic E-state index is 12.3. The Labute approximate surface area is 166 Å². The molecule has 0 fully saturated rings. The summed E-state index contributed by atoms with van der Waals surface area (Å²) in [5.74, 6) is -1.36. The number of esters is 1. The zero-order chi connectivity index (χ0) is 20.8. The summed E-state index contributed by atoms with van der Waals surface area (Å²) in [5, 5.41) is 15.3. The molecule has 9 heteroatoms. The van der Waals surface area contributed by atoms with Crippen molar-refractivity contribution in [2.24, 2.45) is 0 Å². The molecule has 0 saturated heterocycles. The van der Waals surface area contributed by atoms with E-state index < -0.39 is 23.4 Å². The summed E-state index contributed by atoms with van der Waals surface area (Å²) in [7, 11) is 1.57. The number of ether oxygens (including phenoxy) is 1. The summed E-state index contributed by atoms with van der Waals surface area (Å²) < 4.78 is 6.66. The van der Waals surface area contributed by atoms with E-state index in [0.717, 1.165) is 11.3 Å². The van der Waals surface area contributed by atoms with Gasteiger partial charge in [-0.25, -0.2) is 9.48 Å². The minimum Gasteiger partial charge on any atom is -0.452 e. The normalized spacial score (nSPS) is 10.4. The number of nitro benzene ring substituents is 1. The number of hydrogen-bond acceptors (Lipinski definition) is 6. The van der Waals surface area contributed by atoms with Crippen LogP contribution in [0.25, 0.3) is 5.69 Å². The third-order valence-electron chi connectivity index (χ3n) is 4.15. The first-order valence-corrected chi connectivity index (χ1v) is 8.69. The average Bonchev–Trinajstić information content (AvgIpc) is 3.20. The van der Waals surface area contributed by atoms with E-state index in [1.165, 1.54) is 29.2 Å². The second-order valence-electron chi connectivity index (χ2n) is 6.23. The second-order valence-corrected chi connectivity index (χ2v) is 6.23. The smallest absolute Gasteiger partial charge is 0.345 e. The van der Waals surface area contributed by atoms with Gasteiger partial charge in [0.15, 0.2) is 6.61 Å². The van der Waals surface area contributed by atoms with Crippen molar-refractivity contribution >= 4 is 17.6 Å². The van der Waals surface area contributed by atoms with Crippen LogP contribution in [0.15, 0.2) is 67.0 Å². The van der Waals surface area contributed by atoms with Crippen molar-refractivity contribution in [3.63, 3.8) is 0 Å². The van der Waals surface area contributed by atoms with Crippen LogP contribution in [0, 0.1) is 10.1 Å². The third kappa shape index (κ3) is 4.83. The Morgan fingerprint density at radius 2 is 1.83 bits per heavy atom. The van der Waals surface area contributed by atoms with Crippen LogP contribution >= 0.6 is 0 Å². The molecule has 0 spiro atoms. The molecule has 9 nitrogen and oxygen atoms in total. The fourth-order valence-electron chi connectivity index (χ4n) is 2.65. The maximum Gasteiger partial charge on any atom is 0.345 e. The first-order chi connectivity index (χ1) is 14.0. The summed E-state index contributed by atoms with van der Waals surface area (Å²) in [4.78, 5) is 36.1. The molecule has 0 aliphatic rings. The lowest BCUT2D eigenvalue weighted by molar-refractivity contribution is -0.385. The molecule has 3 aromatic rings. The molecule has 29 heavy (non-hydrogen) atoms. The lowest BCUT2D eigenvalue weighted by atomic mass is 10.2. The number of para-hydroxylation sites is 2. The number of carbonyl (C=O) groups excluding carboxylic acids is 2. The molecule has 0 bridgehead atoms. The number of nitrogens with zero attached hydrogens (tertiary/aromatic N) is 4. The Balaban J connectivity index is 1.57. The van der Waals surface area contributed by atoms with Gasteiger partial charge in [-0.1, -0.05) is 30.3 Å². The van der Waals surface area contributed by atoms with Crippen LogP contribution in [0.5, 0.6) is 0 Å². The first-order valence-electron chi connectivity index (χ1n) is 8.69. The molecule has 2 aromatic carbocycles. The van der Waals surface area contributed by atoms with Gasteiger partial charge in [0.25, 0.3) is 11.6 Å². The standard InChI is InChI=1S/C20H18N4O5/c1-22(12-15-11-21-23(13-15)16-7-3-2-4-8-16)19(25)14-29-20(26)17-9-5-6-10-18(17)24(27)28/h2-11,13H,12,14H2,1H3. The van der Waals surface area contributed by atoms with Crippen molar-refractivity contribution in [3.05, 3.63) is 88.2 Å². The lowest BCUT2D eigenvalue weighted by Gasteiger charge is -2.16. The van der Waals surface area contributed by atoms with Crippen LogP contribution in [-0.2, 0) is 16.1 Å². The highest BCUT2D eigenvalue weighted by molar-refractivity contribution is 5.95. The van der Waals surface area contributed by atoms with Crippen molar-refractivity contribution in [1.29, 1.82) is 0 Å². The first kappa shape index (κ1) is 19.7. The predicted octanol–water partition coefficient (Wildman–Crippen LogP) is 2.60. The fraction of sp³-hybridized carbons (Fsp3) is 0.150. The van der Waals surface area contributed by atoms with Gasteiger partial charge in [-0.3, -0.25) is 14.9 Å². The molecule has 1 aromatic heterocycles. The summed E-state index contributed by atoms with van der Waals surface area (Å²) in [6.45, 7) is -0.247. The third-order valence-corrected chi connectivity index (χ3v) is 4.15. The number of aromatic nitrogens is 2. The van der Waals surface area contributed by atoms with E-state index in [0.29, 0.717) is 0 Å². The zero-order valence-corrected chi connectivity index (χ0v) is 15.6. The van der Waals surface area contributed by atoms with Crippen LogP contribution in [0.3, 0.4) is 0 Å². The fourth-order valence-corrected chi connectivity index (χ4v) is 2.65. The number of hydrogen-bond donors (Lipinski definition) is 0. The van der Waals surface area contributed by atoms with Crippen LogP contribution in [0.2, 0.25) is 0 Å². The van der Waals surface area contributed by atoms with Crippen molar-refractivity contribution in [1.82, 2.24) is 14.7 Å². The molecular formula is C20H18N4O5. The Morgan fingerprint density at radius 3 is 2.55 bits per heavy atom. The van der Waals surface area contributed by atoms with Gasteiger partial charge in [-0.2, -0.15) is 5.10 Å². The summed E-state index contributed by atoms with van der Waals surface area (Å²) >= 11 is 0. The molecule has 0 saturated carbocycles. The number of carbonyl (C=O) groups is 2. The van der Waals surface area contributed by atoms with E-state index >= 15 is 0 Å². The summed E-state index contributed by atoms with van der Waals surface area (Å²) in [6.07, 6.45) is 3.45. The molecule has 0 aliphatic heterocycles. The molecule has 148 valence electrons. The highest BCUT2D eigenvalue weighted by Gasteiger charge is 2.22. The quantitative estimate of drug-likeness (QED) is 0.346. The Morgan fingerprint density at radius 1 is 1.14 bits per heavy atom. The molecule has 0 aliphatic carbocycles. The number of likely N-dealkylation sites (N-methyl/N-ethyl adjacent to an activating group) is 1. The van der Waals surface area contributed by atoms with Gasteiger partial charge in [-0.05, 0) is 18.2 Å². The van der Waals surface area contributed by atoms with E-state index in [4.69, 9.17) is 4.74 Å². The lowest BCUT2D eigenvalue weighted by Crippen LogP contribution is -2.30. The van der Waals surface area contributed by atoms with Crippen LogP contribution in [0.1, 0.15) is 15.9 Å². The molecule has 3 rings (SSSR count). The van der Waals surface area contributed by atoms with Crippen molar-refractivity contribution < 1.29 is 19.2 Å². The predicted molar refractivity (Wildman–Crippen MR) is 103 cm³/mol. The molecule has 0 unspecified atom stereocenters. The summed E-state index contributed by atoms with van der Waals surface area (Å²) in [5.41, 5.74) is 1.13. The molecule has 0 N–H and O–H groups in total. The van der Waals surface area contributed by atoms with Gasteiger partial charge >= 0.3 is 5.97 Å². The van der Waals surface area contributed by atoms with E-state index in [2.05, 4.69) is 5.10 Å². The van der Waals surface area contributed by atoms with E-state index in [1.54, 1.807) is 24.1 Å². The van der Waals surface area contributed by atoms with Gasteiger partial charge in [0.05, 0.1) is 16.8 Å². The Kier molecular flexibility index (Phi) is 5.98. The Bertz CT molecular complexity index is 1030. The highest BCUT2D eigenvalue weighted by Crippen LogP contribution is 2.18. The monoisotopic (exact) mass is 394 g/mol. The number of amides is 1. The molecular weight excluding hydrogens is 376 g/mol. The number of benzene rings is 2. The number of nitro groups is 1. The molecule has 1 heterocycles. The van der Waals surface area contributed by atoms with Crippen molar-refractivity contribution in [2.45, 2.75) is 6.54 Å². The molecule has 0 radical (unpaired) electrons. The number of rotatable bonds is 7. The van der Waals surface area contributed by atoms with Crippen LogP contribution in [-0.4, -0.2) is 45.1 Å². The average molecular weight is 394 g/mol. The topological polar surface area (TPSA) is 108 Å². The van der Waals surface area contributed by atoms with E-state index in [1.807, 2.05) is 30.3 Å². The SMILES string of the molecule is CN(Cc1cnn(-c2ccccc2)c1)C(=O)COC(=O)c1ccccc1[N+](=O)[O-]. The minimum atomic E-state index is -0.920. The van der Waals surface area contributed by atoms with Gasteiger partial charge in [0.1, 0.15) is 5.56 Å². The second kappa shape index (κ2) is 8.79. The van der Waals surface area contributed by atoms with Crippen LogP contribution in [0.4, 0.5) is 5.69 Å². The van der Waals surface area contributed by atoms with E-state index in [9.17, 15) is 19.7 Å². The zero-order valence-electron chi connectivity index (χ0n) is 15.6. The van der Waals surface area contributed by atoms with Gasteiger partial charge < -0.3 is 9.64 Å². The van der Waals surface area contributed by atoms with Crippen molar-refractivity contribution in [2.75, 3.05) is 13.7 Å². The van der Waals surface area contributed by atoms with E-state index in [-0.39, 0.29) is 17.8 Å². The molecule has 1 amide bonds. The van der Waals surface area contributed by atoms with Gasteiger partial charge in [0, 0.05) is 31.4 Å². The maximum absolute atomic E-state index is 12.3. The van der Waals surface area contributed by atoms with Gasteiger partial charge in [0.2, 0.25) is 0 Å².